The first-order valence-electron chi connectivity index (χ1n) is 7.85. The van der Waals surface area contributed by atoms with Crippen LogP contribution < -0.4 is 0 Å². The van der Waals surface area contributed by atoms with E-state index in [1.165, 1.54) is 0 Å². The summed E-state index contributed by atoms with van der Waals surface area (Å²) in [5.41, 5.74) is 0.651. The van der Waals surface area contributed by atoms with Gasteiger partial charge >= 0.3 is 16.4 Å². The van der Waals surface area contributed by atoms with Crippen LogP contribution in [-0.2, 0) is 32.3 Å². The third kappa shape index (κ3) is 3.83. The minimum atomic E-state index is -4.16. The molecule has 1 aliphatic rings. The van der Waals surface area contributed by atoms with Crippen molar-refractivity contribution in [3.05, 3.63) is 71.8 Å². The number of rotatable bonds is 4. The average molecular weight is 361 g/mol. The largest absolute Gasteiger partial charge is 0.444 e. The lowest BCUT2D eigenvalue weighted by Gasteiger charge is -2.30. The Labute approximate surface area is 147 Å². The fourth-order valence-corrected chi connectivity index (χ4v) is 4.23. The molecule has 1 saturated heterocycles. The zero-order chi connectivity index (χ0) is 17.9. The number of amides is 1. The van der Waals surface area contributed by atoms with Crippen molar-refractivity contribution in [1.82, 2.24) is 4.31 Å². The van der Waals surface area contributed by atoms with Gasteiger partial charge in [-0.1, -0.05) is 60.7 Å². The molecule has 0 bridgehead atoms. The van der Waals surface area contributed by atoms with Gasteiger partial charge in [0, 0.05) is 0 Å². The molecule has 25 heavy (non-hydrogen) atoms. The molecule has 1 fully saturated rings. The Balaban J connectivity index is 1.78. The highest BCUT2D eigenvalue weighted by atomic mass is 32.2. The predicted octanol–water partition coefficient (Wildman–Crippen LogP) is 2.90. The summed E-state index contributed by atoms with van der Waals surface area (Å²) in [6, 6.07) is 18.4. The third-order valence-corrected chi connectivity index (χ3v) is 5.48. The van der Waals surface area contributed by atoms with E-state index >= 15 is 0 Å². The highest BCUT2D eigenvalue weighted by molar-refractivity contribution is 7.85. The van der Waals surface area contributed by atoms with E-state index in [1.54, 1.807) is 19.1 Å². The Morgan fingerprint density at radius 3 is 2.24 bits per heavy atom. The highest BCUT2D eigenvalue weighted by Crippen LogP contribution is 2.33. The van der Waals surface area contributed by atoms with Gasteiger partial charge in [-0.05, 0) is 24.5 Å². The molecule has 0 unspecified atom stereocenters. The second-order valence-electron chi connectivity index (χ2n) is 6.18. The monoisotopic (exact) mass is 361 g/mol. The topological polar surface area (TPSA) is 72.9 Å². The Kier molecular flexibility index (Phi) is 4.78. The maximum atomic E-state index is 12.5. The number of ether oxygens (including phenoxy) is 1. The number of benzene rings is 2. The number of carbonyl (C=O) groups excluding carboxylic acids is 1. The quantitative estimate of drug-likeness (QED) is 0.837. The van der Waals surface area contributed by atoms with Gasteiger partial charge in [-0.15, -0.1) is 0 Å². The van der Waals surface area contributed by atoms with Crippen molar-refractivity contribution in [2.45, 2.75) is 25.5 Å². The van der Waals surface area contributed by atoms with Crippen molar-refractivity contribution >= 4 is 16.4 Å². The standard InChI is InChI=1S/C18H19NO5S/c1-18(12-15-8-4-2-5-9-15)14-24-25(21,22)19(18)17(20)23-13-16-10-6-3-7-11-16/h2-11H,12-14H2,1H3/t18-/m0/s1. The van der Waals surface area contributed by atoms with Crippen LogP contribution in [0.5, 0.6) is 0 Å². The van der Waals surface area contributed by atoms with E-state index in [2.05, 4.69) is 0 Å². The lowest BCUT2D eigenvalue weighted by atomic mass is 9.94. The van der Waals surface area contributed by atoms with Crippen LogP contribution in [0.15, 0.2) is 60.7 Å². The van der Waals surface area contributed by atoms with Gasteiger partial charge in [0.1, 0.15) is 6.61 Å². The van der Waals surface area contributed by atoms with E-state index in [4.69, 9.17) is 8.92 Å². The maximum absolute atomic E-state index is 12.5. The lowest BCUT2D eigenvalue weighted by molar-refractivity contribution is 0.0952. The van der Waals surface area contributed by atoms with Crippen molar-refractivity contribution < 1.29 is 22.1 Å². The Morgan fingerprint density at radius 2 is 1.64 bits per heavy atom. The Bertz CT molecular complexity index is 838. The summed E-state index contributed by atoms with van der Waals surface area (Å²) in [7, 11) is -4.16. The Morgan fingerprint density at radius 1 is 1.08 bits per heavy atom. The lowest BCUT2D eigenvalue weighted by Crippen LogP contribution is -2.50. The van der Waals surface area contributed by atoms with Gasteiger partial charge in [-0.3, -0.25) is 4.18 Å². The van der Waals surface area contributed by atoms with Gasteiger partial charge in [0.2, 0.25) is 0 Å². The molecule has 2 aromatic rings. The molecule has 1 atom stereocenters. The van der Waals surface area contributed by atoms with Crippen LogP contribution in [0.4, 0.5) is 4.79 Å². The molecule has 0 saturated carbocycles. The SMILES string of the molecule is C[C@]1(Cc2ccccc2)COS(=O)(=O)N1C(=O)OCc1ccccc1. The van der Waals surface area contributed by atoms with E-state index in [1.807, 2.05) is 48.5 Å². The summed E-state index contributed by atoms with van der Waals surface area (Å²) in [5.74, 6) is 0. The third-order valence-electron chi connectivity index (χ3n) is 4.03. The number of nitrogens with zero attached hydrogens (tertiary/aromatic N) is 1. The molecule has 3 rings (SSSR count). The molecule has 0 N–H and O–H groups in total. The van der Waals surface area contributed by atoms with Gasteiger partial charge in [0.25, 0.3) is 0 Å². The predicted molar refractivity (Wildman–Crippen MR) is 91.9 cm³/mol. The molecule has 132 valence electrons. The van der Waals surface area contributed by atoms with Crippen LogP contribution in [0.2, 0.25) is 0 Å². The molecule has 2 aromatic carbocycles. The van der Waals surface area contributed by atoms with Crippen molar-refractivity contribution in [1.29, 1.82) is 0 Å². The second-order valence-corrected chi connectivity index (χ2v) is 7.64. The van der Waals surface area contributed by atoms with Crippen molar-refractivity contribution in [2.24, 2.45) is 0 Å². The number of hydrogen-bond acceptors (Lipinski definition) is 5. The van der Waals surface area contributed by atoms with Crippen LogP contribution in [0, 0.1) is 0 Å². The fourth-order valence-electron chi connectivity index (χ4n) is 2.83. The summed E-state index contributed by atoms with van der Waals surface area (Å²) in [5, 5.41) is 0. The zero-order valence-corrected chi connectivity index (χ0v) is 14.6. The molecule has 1 amide bonds. The second kappa shape index (κ2) is 6.85. The smallest absolute Gasteiger partial charge is 0.426 e. The minimum Gasteiger partial charge on any atom is -0.444 e. The van der Waals surface area contributed by atoms with Gasteiger partial charge in [0.05, 0.1) is 12.1 Å². The van der Waals surface area contributed by atoms with Crippen LogP contribution >= 0.6 is 0 Å². The van der Waals surface area contributed by atoms with Gasteiger partial charge in [0.15, 0.2) is 0 Å². The average Bonchev–Trinajstić information content (AvgIpc) is 2.84. The van der Waals surface area contributed by atoms with Gasteiger partial charge in [-0.25, -0.2) is 4.79 Å². The van der Waals surface area contributed by atoms with E-state index in [9.17, 15) is 13.2 Å². The minimum absolute atomic E-state index is 0.00684. The summed E-state index contributed by atoms with van der Waals surface area (Å²) in [6.45, 7) is 1.56. The van der Waals surface area contributed by atoms with E-state index < -0.39 is 21.9 Å². The molecule has 0 spiro atoms. The first kappa shape index (κ1) is 17.4. The van der Waals surface area contributed by atoms with Crippen molar-refractivity contribution in [2.75, 3.05) is 6.61 Å². The van der Waals surface area contributed by atoms with E-state index in [0.29, 0.717) is 6.42 Å². The van der Waals surface area contributed by atoms with Crippen LogP contribution in [0.1, 0.15) is 18.1 Å². The van der Waals surface area contributed by atoms with Crippen LogP contribution in [-0.4, -0.2) is 31.0 Å². The summed E-state index contributed by atoms with van der Waals surface area (Å²) < 4.78 is 35.3. The molecule has 0 aliphatic carbocycles. The van der Waals surface area contributed by atoms with E-state index in [-0.39, 0.29) is 13.2 Å². The molecule has 0 radical (unpaired) electrons. The first-order valence-corrected chi connectivity index (χ1v) is 9.22. The number of carbonyl (C=O) groups is 1. The zero-order valence-electron chi connectivity index (χ0n) is 13.8. The fraction of sp³-hybridized carbons (Fsp3) is 0.278. The molecule has 1 heterocycles. The molecular weight excluding hydrogens is 342 g/mol. The summed E-state index contributed by atoms with van der Waals surface area (Å²) in [6.07, 6.45) is -0.590. The van der Waals surface area contributed by atoms with Crippen molar-refractivity contribution in [3.8, 4) is 0 Å². The van der Waals surface area contributed by atoms with Gasteiger partial charge in [-0.2, -0.15) is 12.7 Å². The normalized spacial score (nSPS) is 21.9. The molecule has 0 aromatic heterocycles. The van der Waals surface area contributed by atoms with Crippen molar-refractivity contribution in [3.63, 3.8) is 0 Å². The van der Waals surface area contributed by atoms with Crippen LogP contribution in [0.3, 0.4) is 0 Å². The molecule has 7 heteroatoms. The van der Waals surface area contributed by atoms with Crippen LogP contribution in [0.25, 0.3) is 0 Å². The molecular formula is C18H19NO5S. The maximum Gasteiger partial charge on any atom is 0.426 e. The highest BCUT2D eigenvalue weighted by Gasteiger charge is 2.52. The molecule has 1 aliphatic heterocycles. The molecule has 6 nitrogen and oxygen atoms in total. The summed E-state index contributed by atoms with van der Waals surface area (Å²) >= 11 is 0. The Hall–Kier alpha value is -2.38. The van der Waals surface area contributed by atoms with E-state index in [0.717, 1.165) is 15.4 Å². The van der Waals surface area contributed by atoms with Gasteiger partial charge < -0.3 is 4.74 Å². The number of hydrogen-bond donors (Lipinski definition) is 0. The summed E-state index contributed by atoms with van der Waals surface area (Å²) in [4.78, 5) is 12.5. The first-order chi connectivity index (χ1) is 11.9.